The molecule has 1 fully saturated rings. The Kier molecular flexibility index (Phi) is 7.91. The Morgan fingerprint density at radius 1 is 1.10 bits per heavy atom. The summed E-state index contributed by atoms with van der Waals surface area (Å²) in [5.41, 5.74) is 0.746. The molecule has 1 aromatic rings. The van der Waals surface area contributed by atoms with E-state index in [0.717, 1.165) is 12.2 Å². The number of carbonyl (C=O) groups is 1. The molecule has 0 bridgehead atoms. The first-order valence-corrected chi connectivity index (χ1v) is 14.4. The number of likely N-dealkylation sites (tertiary alicyclic amines) is 1. The third-order valence-corrected chi connectivity index (χ3v) is 10.8. The highest BCUT2D eigenvalue weighted by atomic mass is 28.4. The number of amides is 1. The SMILES string of the molecule is CC(C)c1ccc(OC[C@@H]2[C@H](O[Si](C)(C)C(C)(C)C)CCN2C(=O)OC(C)(C)C)cc1. The van der Waals surface area contributed by atoms with Crippen LogP contribution in [0.5, 0.6) is 5.75 Å². The number of benzene rings is 1. The van der Waals surface area contributed by atoms with E-state index in [0.29, 0.717) is 19.1 Å². The van der Waals surface area contributed by atoms with Crippen LogP contribution in [0.15, 0.2) is 24.3 Å². The first kappa shape index (κ1) is 25.7. The summed E-state index contributed by atoms with van der Waals surface area (Å²) in [4.78, 5) is 14.7. The van der Waals surface area contributed by atoms with Crippen LogP contribution < -0.4 is 4.74 Å². The van der Waals surface area contributed by atoms with Crippen molar-refractivity contribution in [1.29, 1.82) is 0 Å². The number of carbonyl (C=O) groups excluding carboxylic acids is 1. The average Bonchev–Trinajstić information content (AvgIpc) is 3.00. The van der Waals surface area contributed by atoms with Gasteiger partial charge in [-0.05, 0) is 68.9 Å². The van der Waals surface area contributed by atoms with E-state index >= 15 is 0 Å². The van der Waals surface area contributed by atoms with Crippen molar-refractivity contribution in [2.45, 2.75) is 104 Å². The average molecular weight is 450 g/mol. The lowest BCUT2D eigenvalue weighted by atomic mass is 10.0. The normalized spacial score (nSPS) is 20.3. The molecule has 2 atom stereocenters. The van der Waals surface area contributed by atoms with Gasteiger partial charge in [0, 0.05) is 6.54 Å². The molecule has 0 N–H and O–H groups in total. The number of hydrogen-bond donors (Lipinski definition) is 0. The molecule has 0 spiro atoms. The second-order valence-electron chi connectivity index (χ2n) is 11.5. The lowest BCUT2D eigenvalue weighted by Gasteiger charge is -2.40. The second-order valence-corrected chi connectivity index (χ2v) is 16.2. The predicted molar refractivity (Wildman–Crippen MR) is 129 cm³/mol. The van der Waals surface area contributed by atoms with Crippen molar-refractivity contribution in [1.82, 2.24) is 4.90 Å². The summed E-state index contributed by atoms with van der Waals surface area (Å²) in [6.07, 6.45) is 0.451. The molecule has 6 heteroatoms. The molecule has 1 saturated heterocycles. The first-order chi connectivity index (χ1) is 14.1. The Labute approximate surface area is 190 Å². The lowest BCUT2D eigenvalue weighted by Crippen LogP contribution is -2.51. The molecule has 1 heterocycles. The molecule has 0 saturated carbocycles. The molecule has 1 aromatic carbocycles. The van der Waals surface area contributed by atoms with Gasteiger partial charge in [0.15, 0.2) is 8.32 Å². The Morgan fingerprint density at radius 2 is 1.68 bits per heavy atom. The molecule has 1 aliphatic rings. The van der Waals surface area contributed by atoms with Crippen molar-refractivity contribution in [3.05, 3.63) is 29.8 Å². The summed E-state index contributed by atoms with van der Waals surface area (Å²) in [5, 5.41) is 0.102. The molecule has 2 rings (SSSR count). The number of ether oxygens (including phenoxy) is 2. The molecule has 0 aromatic heterocycles. The maximum Gasteiger partial charge on any atom is 0.410 e. The van der Waals surface area contributed by atoms with Gasteiger partial charge in [-0.3, -0.25) is 4.90 Å². The van der Waals surface area contributed by atoms with E-state index in [2.05, 4.69) is 59.8 Å². The van der Waals surface area contributed by atoms with Gasteiger partial charge in [0.1, 0.15) is 18.0 Å². The van der Waals surface area contributed by atoms with E-state index in [1.54, 1.807) is 4.90 Å². The Hall–Kier alpha value is -1.53. The van der Waals surface area contributed by atoms with Gasteiger partial charge in [-0.1, -0.05) is 46.8 Å². The highest BCUT2D eigenvalue weighted by Gasteiger charge is 2.46. The van der Waals surface area contributed by atoms with Crippen molar-refractivity contribution < 1.29 is 18.7 Å². The van der Waals surface area contributed by atoms with Crippen molar-refractivity contribution in [3.8, 4) is 5.75 Å². The topological polar surface area (TPSA) is 48.0 Å². The van der Waals surface area contributed by atoms with E-state index in [1.807, 2.05) is 32.9 Å². The quantitative estimate of drug-likeness (QED) is 0.460. The van der Waals surface area contributed by atoms with Crippen LogP contribution in [-0.2, 0) is 9.16 Å². The Balaban J connectivity index is 2.18. The van der Waals surface area contributed by atoms with Gasteiger partial charge in [0.25, 0.3) is 0 Å². The highest BCUT2D eigenvalue weighted by Crippen LogP contribution is 2.39. The molecule has 5 nitrogen and oxygen atoms in total. The number of rotatable bonds is 6. The molecule has 31 heavy (non-hydrogen) atoms. The standard InChI is InChI=1S/C25H43NO4Si/c1-18(2)19-11-13-20(14-12-19)28-17-21-22(30-31(9,10)25(6,7)8)15-16-26(21)23(27)29-24(3,4)5/h11-14,18,21-22H,15-17H2,1-10H3/t21-,22-/m1/s1. The zero-order chi connectivity index (χ0) is 23.6. The highest BCUT2D eigenvalue weighted by molar-refractivity contribution is 6.74. The third kappa shape index (κ3) is 6.98. The molecular formula is C25H43NO4Si. The third-order valence-electron chi connectivity index (χ3n) is 6.33. The summed E-state index contributed by atoms with van der Waals surface area (Å²) in [6.45, 7) is 22.3. The maximum atomic E-state index is 12.9. The minimum absolute atomic E-state index is 0.0525. The van der Waals surface area contributed by atoms with Gasteiger partial charge in [-0.2, -0.15) is 0 Å². The zero-order valence-electron chi connectivity index (χ0n) is 21.2. The largest absolute Gasteiger partial charge is 0.491 e. The Morgan fingerprint density at radius 3 is 2.16 bits per heavy atom. The van der Waals surface area contributed by atoms with Crippen molar-refractivity contribution in [2.75, 3.05) is 13.2 Å². The molecule has 0 unspecified atom stereocenters. The predicted octanol–water partition coefficient (Wildman–Crippen LogP) is 6.59. The van der Waals surface area contributed by atoms with Crippen LogP contribution in [0.1, 0.15) is 73.3 Å². The van der Waals surface area contributed by atoms with Gasteiger partial charge < -0.3 is 13.9 Å². The van der Waals surface area contributed by atoms with Crippen molar-refractivity contribution >= 4 is 14.4 Å². The summed E-state index contributed by atoms with van der Waals surface area (Å²) in [6, 6.07) is 8.04. The van der Waals surface area contributed by atoms with Crippen molar-refractivity contribution in [3.63, 3.8) is 0 Å². The van der Waals surface area contributed by atoms with Gasteiger partial charge >= 0.3 is 6.09 Å². The summed E-state index contributed by atoms with van der Waals surface area (Å²) >= 11 is 0. The number of hydrogen-bond acceptors (Lipinski definition) is 4. The fourth-order valence-electron chi connectivity index (χ4n) is 3.39. The van der Waals surface area contributed by atoms with Gasteiger partial charge in [0.05, 0.1) is 12.1 Å². The van der Waals surface area contributed by atoms with Gasteiger partial charge in [-0.15, -0.1) is 0 Å². The van der Waals surface area contributed by atoms with Gasteiger partial charge in [-0.25, -0.2) is 4.79 Å². The fraction of sp³-hybridized carbons (Fsp3) is 0.720. The van der Waals surface area contributed by atoms with E-state index in [9.17, 15) is 4.79 Å². The van der Waals surface area contributed by atoms with Crippen LogP contribution in [0.2, 0.25) is 18.1 Å². The second kappa shape index (κ2) is 9.53. The number of nitrogens with zero attached hydrogens (tertiary/aromatic N) is 1. The molecule has 1 amide bonds. The molecular weight excluding hydrogens is 406 g/mol. The summed E-state index contributed by atoms with van der Waals surface area (Å²) < 4.78 is 18.6. The molecule has 176 valence electrons. The van der Waals surface area contributed by atoms with Crippen LogP contribution in [-0.4, -0.2) is 50.2 Å². The molecule has 0 radical (unpaired) electrons. The van der Waals surface area contributed by atoms with E-state index in [-0.39, 0.29) is 23.3 Å². The Bertz CT molecular complexity index is 731. The van der Waals surface area contributed by atoms with Crippen LogP contribution in [0.25, 0.3) is 0 Å². The first-order valence-electron chi connectivity index (χ1n) is 11.5. The van der Waals surface area contributed by atoms with Crippen LogP contribution in [0.3, 0.4) is 0 Å². The van der Waals surface area contributed by atoms with Crippen LogP contribution >= 0.6 is 0 Å². The minimum atomic E-state index is -1.99. The smallest absolute Gasteiger partial charge is 0.410 e. The lowest BCUT2D eigenvalue weighted by molar-refractivity contribution is 0.00983. The van der Waals surface area contributed by atoms with E-state index in [4.69, 9.17) is 13.9 Å². The van der Waals surface area contributed by atoms with E-state index < -0.39 is 13.9 Å². The summed E-state index contributed by atoms with van der Waals surface area (Å²) in [5.74, 6) is 1.29. The monoisotopic (exact) mass is 449 g/mol. The van der Waals surface area contributed by atoms with E-state index in [1.165, 1.54) is 5.56 Å². The van der Waals surface area contributed by atoms with Crippen molar-refractivity contribution in [2.24, 2.45) is 0 Å². The van der Waals surface area contributed by atoms with Crippen LogP contribution in [0, 0.1) is 0 Å². The summed E-state index contributed by atoms with van der Waals surface area (Å²) in [7, 11) is -1.99. The maximum absolute atomic E-state index is 12.9. The van der Waals surface area contributed by atoms with Crippen LogP contribution in [0.4, 0.5) is 4.79 Å². The minimum Gasteiger partial charge on any atom is -0.491 e. The fourth-order valence-corrected chi connectivity index (χ4v) is 4.78. The molecule has 0 aliphatic carbocycles. The van der Waals surface area contributed by atoms with Gasteiger partial charge in [0.2, 0.25) is 0 Å². The zero-order valence-corrected chi connectivity index (χ0v) is 22.2. The molecule has 1 aliphatic heterocycles.